The lowest BCUT2D eigenvalue weighted by atomic mass is 10.2. The van der Waals surface area contributed by atoms with E-state index in [4.69, 9.17) is 14.2 Å². The molecule has 1 rings (SSSR count). The van der Waals surface area contributed by atoms with Gasteiger partial charge in [0.2, 0.25) is 0 Å². The second-order valence-corrected chi connectivity index (χ2v) is 3.98. The highest BCUT2D eigenvalue weighted by Gasteiger charge is 2.17. The molecule has 0 spiro atoms. The summed E-state index contributed by atoms with van der Waals surface area (Å²) in [5.41, 5.74) is 0. The van der Waals surface area contributed by atoms with Crippen molar-refractivity contribution in [3.05, 3.63) is 24.3 Å². The van der Waals surface area contributed by atoms with Crippen molar-refractivity contribution >= 4 is 5.91 Å². The molecule has 0 saturated carbocycles. The number of carbonyl (C=O) groups excluding carboxylic acids is 1. The predicted molar refractivity (Wildman–Crippen MR) is 72.6 cm³/mol. The summed E-state index contributed by atoms with van der Waals surface area (Å²) < 4.78 is 15.7. The third-order valence-corrected chi connectivity index (χ3v) is 2.59. The van der Waals surface area contributed by atoms with Gasteiger partial charge in [-0.15, -0.1) is 0 Å². The van der Waals surface area contributed by atoms with Gasteiger partial charge in [0, 0.05) is 19.7 Å². The SMILES string of the molecule is CC[C@H](Oc1cccc(OC)c1)C(=O)NCCOC. The first-order valence-corrected chi connectivity index (χ1v) is 6.28. The average molecular weight is 267 g/mol. The largest absolute Gasteiger partial charge is 0.497 e. The van der Waals surface area contributed by atoms with Crippen LogP contribution in [-0.2, 0) is 9.53 Å². The normalized spacial score (nSPS) is 11.7. The van der Waals surface area contributed by atoms with Gasteiger partial charge in [0.1, 0.15) is 11.5 Å². The highest BCUT2D eigenvalue weighted by molar-refractivity contribution is 5.81. The van der Waals surface area contributed by atoms with Crippen molar-refractivity contribution in [1.82, 2.24) is 5.32 Å². The zero-order chi connectivity index (χ0) is 14.1. The van der Waals surface area contributed by atoms with Crippen molar-refractivity contribution in [3.8, 4) is 11.5 Å². The molecule has 1 aromatic rings. The summed E-state index contributed by atoms with van der Waals surface area (Å²) in [4.78, 5) is 11.9. The van der Waals surface area contributed by atoms with Crippen molar-refractivity contribution in [2.45, 2.75) is 19.4 Å². The van der Waals surface area contributed by atoms with Crippen molar-refractivity contribution in [3.63, 3.8) is 0 Å². The van der Waals surface area contributed by atoms with Gasteiger partial charge in [-0.25, -0.2) is 0 Å². The number of rotatable bonds is 8. The smallest absolute Gasteiger partial charge is 0.261 e. The molecule has 0 saturated heterocycles. The summed E-state index contributed by atoms with van der Waals surface area (Å²) in [6.07, 6.45) is 0.0831. The Kier molecular flexibility index (Phi) is 6.74. The summed E-state index contributed by atoms with van der Waals surface area (Å²) in [5, 5.41) is 2.76. The highest BCUT2D eigenvalue weighted by atomic mass is 16.5. The van der Waals surface area contributed by atoms with Crippen LogP contribution in [0.15, 0.2) is 24.3 Å². The molecule has 0 aliphatic rings. The number of ether oxygens (including phenoxy) is 3. The lowest BCUT2D eigenvalue weighted by Crippen LogP contribution is -2.39. The third kappa shape index (κ3) is 5.18. The number of methoxy groups -OCH3 is 2. The van der Waals surface area contributed by atoms with Crippen molar-refractivity contribution in [2.24, 2.45) is 0 Å². The molecule has 1 aromatic carbocycles. The number of amides is 1. The third-order valence-electron chi connectivity index (χ3n) is 2.59. The lowest BCUT2D eigenvalue weighted by Gasteiger charge is -2.17. The minimum absolute atomic E-state index is 0.137. The molecule has 0 unspecified atom stereocenters. The van der Waals surface area contributed by atoms with Crippen molar-refractivity contribution in [2.75, 3.05) is 27.4 Å². The molecule has 0 fully saturated rings. The maximum Gasteiger partial charge on any atom is 0.261 e. The average Bonchev–Trinajstić information content (AvgIpc) is 2.45. The van der Waals surface area contributed by atoms with E-state index >= 15 is 0 Å². The van der Waals surface area contributed by atoms with Crippen molar-refractivity contribution < 1.29 is 19.0 Å². The molecule has 0 aromatic heterocycles. The second-order valence-electron chi connectivity index (χ2n) is 3.98. The minimum atomic E-state index is -0.510. The van der Waals surface area contributed by atoms with Crippen LogP contribution in [0.5, 0.6) is 11.5 Å². The molecule has 19 heavy (non-hydrogen) atoms. The Morgan fingerprint density at radius 2 is 2.05 bits per heavy atom. The summed E-state index contributed by atoms with van der Waals surface area (Å²) >= 11 is 0. The van der Waals surface area contributed by atoms with Crippen LogP contribution >= 0.6 is 0 Å². The minimum Gasteiger partial charge on any atom is -0.497 e. The maximum absolute atomic E-state index is 11.9. The zero-order valence-corrected chi connectivity index (χ0v) is 11.6. The molecular formula is C14H21NO4. The maximum atomic E-state index is 11.9. The molecule has 0 aliphatic carbocycles. The Balaban J connectivity index is 2.57. The molecule has 106 valence electrons. The predicted octanol–water partition coefficient (Wildman–Crippen LogP) is 1.62. The van der Waals surface area contributed by atoms with Gasteiger partial charge in [-0.2, -0.15) is 0 Å². The van der Waals surface area contributed by atoms with E-state index in [0.29, 0.717) is 31.1 Å². The van der Waals surface area contributed by atoms with Crippen LogP contribution in [0.4, 0.5) is 0 Å². The molecule has 1 amide bonds. The van der Waals surface area contributed by atoms with E-state index in [1.54, 1.807) is 26.4 Å². The Labute approximate surface area is 113 Å². The lowest BCUT2D eigenvalue weighted by molar-refractivity contribution is -0.128. The summed E-state index contributed by atoms with van der Waals surface area (Å²) in [6.45, 7) is 2.87. The molecule has 0 aliphatic heterocycles. The first-order valence-electron chi connectivity index (χ1n) is 6.28. The summed E-state index contributed by atoms with van der Waals surface area (Å²) in [6, 6.07) is 7.20. The number of hydrogen-bond acceptors (Lipinski definition) is 4. The fourth-order valence-electron chi connectivity index (χ4n) is 1.55. The second kappa shape index (κ2) is 8.37. The van der Waals surface area contributed by atoms with Crippen LogP contribution in [0.1, 0.15) is 13.3 Å². The molecule has 5 heteroatoms. The Morgan fingerprint density at radius 1 is 1.32 bits per heavy atom. The van der Waals surface area contributed by atoms with Crippen LogP contribution in [0, 0.1) is 0 Å². The van der Waals surface area contributed by atoms with E-state index in [-0.39, 0.29) is 5.91 Å². The van der Waals surface area contributed by atoms with Crippen LogP contribution in [0.2, 0.25) is 0 Å². The van der Waals surface area contributed by atoms with Gasteiger partial charge in [-0.3, -0.25) is 4.79 Å². The van der Waals surface area contributed by atoms with E-state index in [0.717, 1.165) is 0 Å². The fraction of sp³-hybridized carbons (Fsp3) is 0.500. The Morgan fingerprint density at radius 3 is 2.68 bits per heavy atom. The number of carbonyl (C=O) groups is 1. The molecule has 0 bridgehead atoms. The molecule has 5 nitrogen and oxygen atoms in total. The van der Waals surface area contributed by atoms with Crippen LogP contribution in [-0.4, -0.2) is 39.4 Å². The van der Waals surface area contributed by atoms with Gasteiger partial charge in [-0.05, 0) is 18.6 Å². The fourth-order valence-corrected chi connectivity index (χ4v) is 1.55. The molecule has 0 heterocycles. The van der Waals surface area contributed by atoms with Gasteiger partial charge >= 0.3 is 0 Å². The van der Waals surface area contributed by atoms with Gasteiger partial charge in [0.15, 0.2) is 6.10 Å². The number of benzene rings is 1. The van der Waals surface area contributed by atoms with Gasteiger partial charge in [-0.1, -0.05) is 13.0 Å². The summed E-state index contributed by atoms with van der Waals surface area (Å²) in [7, 11) is 3.18. The van der Waals surface area contributed by atoms with Gasteiger partial charge < -0.3 is 19.5 Å². The van der Waals surface area contributed by atoms with Crippen LogP contribution in [0.25, 0.3) is 0 Å². The molecule has 1 N–H and O–H groups in total. The Bertz CT molecular complexity index is 395. The molecule has 0 radical (unpaired) electrons. The standard InChI is InChI=1S/C14H21NO4/c1-4-13(14(16)15-8-9-17-2)19-12-7-5-6-11(10-12)18-3/h5-7,10,13H,4,8-9H2,1-3H3,(H,15,16)/t13-/m0/s1. The number of hydrogen-bond donors (Lipinski definition) is 1. The van der Waals surface area contributed by atoms with Crippen molar-refractivity contribution in [1.29, 1.82) is 0 Å². The molecule has 1 atom stereocenters. The van der Waals surface area contributed by atoms with E-state index in [2.05, 4.69) is 5.32 Å². The first kappa shape index (κ1) is 15.3. The van der Waals surface area contributed by atoms with Gasteiger partial charge in [0.25, 0.3) is 5.91 Å². The van der Waals surface area contributed by atoms with E-state index < -0.39 is 6.10 Å². The first-order chi connectivity index (χ1) is 9.21. The monoisotopic (exact) mass is 267 g/mol. The van der Waals surface area contributed by atoms with E-state index in [1.807, 2.05) is 19.1 Å². The van der Waals surface area contributed by atoms with Crippen LogP contribution in [0.3, 0.4) is 0 Å². The van der Waals surface area contributed by atoms with E-state index in [1.165, 1.54) is 0 Å². The Hall–Kier alpha value is -1.75. The topological polar surface area (TPSA) is 56.8 Å². The quantitative estimate of drug-likeness (QED) is 0.727. The number of nitrogens with one attached hydrogen (secondary N) is 1. The molecular weight excluding hydrogens is 246 g/mol. The van der Waals surface area contributed by atoms with Crippen LogP contribution < -0.4 is 14.8 Å². The highest BCUT2D eigenvalue weighted by Crippen LogP contribution is 2.20. The van der Waals surface area contributed by atoms with Gasteiger partial charge in [0.05, 0.1) is 13.7 Å². The summed E-state index contributed by atoms with van der Waals surface area (Å²) in [5.74, 6) is 1.18. The zero-order valence-electron chi connectivity index (χ0n) is 11.6. The van der Waals surface area contributed by atoms with E-state index in [9.17, 15) is 4.79 Å².